The van der Waals surface area contributed by atoms with Crippen LogP contribution in [0.25, 0.3) is 0 Å². The summed E-state index contributed by atoms with van der Waals surface area (Å²) >= 11 is 0. The van der Waals surface area contributed by atoms with Gasteiger partial charge in [-0.05, 0) is 18.9 Å². The number of amides is 1. The minimum absolute atomic E-state index is 0.00824. The molecule has 0 saturated carbocycles. The van der Waals surface area contributed by atoms with Crippen molar-refractivity contribution in [3.05, 3.63) is 23.5 Å². The van der Waals surface area contributed by atoms with Crippen LogP contribution in [0.5, 0.6) is 5.75 Å². The molecule has 6 heteroatoms. The van der Waals surface area contributed by atoms with Crippen molar-refractivity contribution in [2.45, 2.75) is 18.8 Å². The second kappa shape index (κ2) is 4.92. The average Bonchev–Trinajstić information content (AvgIpc) is 2.39. The fraction of sp³-hybridized carbons (Fsp3) is 0.417. The molecule has 0 spiro atoms. The van der Waals surface area contributed by atoms with E-state index in [2.05, 4.69) is 4.98 Å². The number of piperidine rings is 1. The number of hydrogen-bond donors (Lipinski definition) is 2. The lowest BCUT2D eigenvalue weighted by Gasteiger charge is -2.29. The molecular weight excluding hydrogens is 234 g/mol. The van der Waals surface area contributed by atoms with Gasteiger partial charge in [-0.15, -0.1) is 0 Å². The normalized spacial score (nSPS) is 16.3. The zero-order chi connectivity index (χ0) is 13.1. The summed E-state index contributed by atoms with van der Waals surface area (Å²) in [5.74, 6) is -0.0670. The summed E-state index contributed by atoms with van der Waals surface area (Å²) in [5, 5.41) is 27.6. The van der Waals surface area contributed by atoms with Gasteiger partial charge < -0.3 is 15.1 Å². The molecule has 1 aromatic heterocycles. The van der Waals surface area contributed by atoms with Crippen molar-refractivity contribution in [2.24, 2.45) is 0 Å². The monoisotopic (exact) mass is 247 g/mol. The molecule has 2 heterocycles. The van der Waals surface area contributed by atoms with Crippen LogP contribution in [0.1, 0.15) is 30.0 Å². The minimum Gasteiger partial charge on any atom is -0.505 e. The molecule has 1 fully saturated rings. The van der Waals surface area contributed by atoms with Crippen LogP contribution in [0.15, 0.2) is 12.3 Å². The molecule has 1 saturated heterocycles. The second-order valence-corrected chi connectivity index (χ2v) is 4.25. The Morgan fingerprint density at radius 1 is 1.50 bits per heavy atom. The van der Waals surface area contributed by atoms with E-state index in [0.29, 0.717) is 31.6 Å². The minimum atomic E-state index is -0.920. The van der Waals surface area contributed by atoms with E-state index in [9.17, 15) is 9.90 Å². The van der Waals surface area contributed by atoms with Gasteiger partial charge in [0.25, 0.3) is 0 Å². The molecule has 1 aliphatic rings. The lowest BCUT2D eigenvalue weighted by Crippen LogP contribution is -2.37. The van der Waals surface area contributed by atoms with Gasteiger partial charge in [-0.1, -0.05) is 0 Å². The third-order valence-electron chi connectivity index (χ3n) is 3.23. The predicted molar refractivity (Wildman–Crippen MR) is 62.2 cm³/mol. The van der Waals surface area contributed by atoms with Crippen LogP contribution < -0.4 is 0 Å². The molecule has 0 atom stereocenters. The van der Waals surface area contributed by atoms with Crippen LogP contribution >= 0.6 is 0 Å². The summed E-state index contributed by atoms with van der Waals surface area (Å²) < 4.78 is 0. The van der Waals surface area contributed by atoms with Gasteiger partial charge in [0.2, 0.25) is 0 Å². The van der Waals surface area contributed by atoms with Crippen LogP contribution in [0.2, 0.25) is 0 Å². The molecule has 0 bridgehead atoms. The Balaban J connectivity index is 2.15. The molecule has 0 aromatic carbocycles. The van der Waals surface area contributed by atoms with E-state index >= 15 is 0 Å². The highest BCUT2D eigenvalue weighted by molar-refractivity contribution is 5.65. The van der Waals surface area contributed by atoms with Gasteiger partial charge in [0.05, 0.1) is 11.3 Å². The van der Waals surface area contributed by atoms with Crippen molar-refractivity contribution in [3.8, 4) is 11.8 Å². The third kappa shape index (κ3) is 2.20. The van der Waals surface area contributed by atoms with Crippen LogP contribution in [-0.2, 0) is 0 Å². The molecule has 6 nitrogen and oxygen atoms in total. The number of aromatic hydroxyl groups is 1. The first kappa shape index (κ1) is 12.2. The Morgan fingerprint density at radius 2 is 2.17 bits per heavy atom. The first-order valence-electron chi connectivity index (χ1n) is 5.69. The zero-order valence-electron chi connectivity index (χ0n) is 9.70. The Morgan fingerprint density at radius 3 is 2.72 bits per heavy atom. The molecule has 94 valence electrons. The van der Waals surface area contributed by atoms with Crippen LogP contribution in [0.4, 0.5) is 4.79 Å². The Kier molecular flexibility index (Phi) is 3.33. The second-order valence-electron chi connectivity index (χ2n) is 4.25. The van der Waals surface area contributed by atoms with Gasteiger partial charge in [-0.25, -0.2) is 4.79 Å². The Bertz CT molecular complexity index is 502. The first-order chi connectivity index (χ1) is 8.63. The van der Waals surface area contributed by atoms with Crippen molar-refractivity contribution in [1.82, 2.24) is 9.88 Å². The number of carbonyl (C=O) groups is 1. The van der Waals surface area contributed by atoms with E-state index < -0.39 is 6.09 Å². The maximum Gasteiger partial charge on any atom is 0.407 e. The van der Waals surface area contributed by atoms with Crippen molar-refractivity contribution >= 4 is 6.09 Å². The Hall–Kier alpha value is -2.29. The molecule has 18 heavy (non-hydrogen) atoms. The van der Waals surface area contributed by atoms with Crippen LogP contribution in [-0.4, -0.2) is 39.3 Å². The number of likely N-dealkylation sites (tertiary alicyclic amines) is 1. The summed E-state index contributed by atoms with van der Waals surface area (Å²) in [6, 6.07) is 3.37. The summed E-state index contributed by atoms with van der Waals surface area (Å²) in [4.78, 5) is 16.2. The predicted octanol–water partition coefficient (Wildman–Crippen LogP) is 1.52. The zero-order valence-corrected chi connectivity index (χ0v) is 9.70. The molecule has 1 aromatic rings. The van der Waals surface area contributed by atoms with E-state index in [1.54, 1.807) is 0 Å². The van der Waals surface area contributed by atoms with Crippen LogP contribution in [0.3, 0.4) is 0 Å². The highest BCUT2D eigenvalue weighted by Gasteiger charge is 2.26. The number of carboxylic acid groups (broad SMARTS) is 1. The number of nitrogens with zero attached hydrogens (tertiary/aromatic N) is 3. The maximum atomic E-state index is 10.8. The molecule has 0 aliphatic carbocycles. The molecule has 1 amide bonds. The summed E-state index contributed by atoms with van der Waals surface area (Å²) in [5.41, 5.74) is 0.708. The van der Waals surface area contributed by atoms with Gasteiger partial charge in [0, 0.05) is 25.2 Å². The van der Waals surface area contributed by atoms with E-state index in [0.717, 1.165) is 0 Å². The van der Waals surface area contributed by atoms with E-state index in [1.165, 1.54) is 17.2 Å². The number of pyridine rings is 1. The van der Waals surface area contributed by atoms with Crippen molar-refractivity contribution in [2.75, 3.05) is 13.1 Å². The number of nitriles is 1. The summed E-state index contributed by atoms with van der Waals surface area (Å²) in [6.07, 6.45) is 1.80. The number of aromatic nitrogens is 1. The van der Waals surface area contributed by atoms with Crippen molar-refractivity contribution < 1.29 is 15.0 Å². The molecule has 2 N–H and O–H groups in total. The molecule has 1 aliphatic heterocycles. The lowest BCUT2D eigenvalue weighted by atomic mass is 9.92. The standard InChI is InChI=1S/C12H13N3O3/c13-7-9-1-4-14-10(11(9)16)8-2-5-15(6-3-8)12(17)18/h1,4,8,16H,2-3,5-6H2,(H,17,18). The number of rotatable bonds is 1. The molecular formula is C12H13N3O3. The molecule has 0 unspecified atom stereocenters. The fourth-order valence-electron chi connectivity index (χ4n) is 2.20. The molecule has 0 radical (unpaired) electrons. The highest BCUT2D eigenvalue weighted by atomic mass is 16.4. The SMILES string of the molecule is N#Cc1ccnc(C2CCN(C(=O)O)CC2)c1O. The smallest absolute Gasteiger partial charge is 0.407 e. The van der Waals surface area contributed by atoms with E-state index in [-0.39, 0.29) is 17.2 Å². The first-order valence-corrected chi connectivity index (χ1v) is 5.69. The topological polar surface area (TPSA) is 97.5 Å². The lowest BCUT2D eigenvalue weighted by molar-refractivity contribution is 0.131. The van der Waals surface area contributed by atoms with Gasteiger partial charge in [-0.3, -0.25) is 4.98 Å². The molecule has 2 rings (SSSR count). The third-order valence-corrected chi connectivity index (χ3v) is 3.23. The quantitative estimate of drug-likeness (QED) is 0.784. The highest BCUT2D eigenvalue weighted by Crippen LogP contribution is 2.33. The number of hydrogen-bond acceptors (Lipinski definition) is 4. The van der Waals surface area contributed by atoms with Crippen molar-refractivity contribution in [1.29, 1.82) is 5.26 Å². The van der Waals surface area contributed by atoms with Gasteiger partial charge in [0.1, 0.15) is 6.07 Å². The summed E-state index contributed by atoms with van der Waals surface area (Å²) in [6.45, 7) is 0.857. The van der Waals surface area contributed by atoms with Gasteiger partial charge >= 0.3 is 6.09 Å². The van der Waals surface area contributed by atoms with Gasteiger partial charge in [-0.2, -0.15) is 5.26 Å². The van der Waals surface area contributed by atoms with Gasteiger partial charge in [0.15, 0.2) is 5.75 Å². The summed E-state index contributed by atoms with van der Waals surface area (Å²) in [7, 11) is 0. The average molecular weight is 247 g/mol. The largest absolute Gasteiger partial charge is 0.505 e. The Labute approximate surface area is 104 Å². The van der Waals surface area contributed by atoms with E-state index in [4.69, 9.17) is 10.4 Å². The van der Waals surface area contributed by atoms with Crippen LogP contribution in [0, 0.1) is 11.3 Å². The van der Waals surface area contributed by atoms with Crippen molar-refractivity contribution in [3.63, 3.8) is 0 Å². The maximum absolute atomic E-state index is 10.8. The fourth-order valence-corrected chi connectivity index (χ4v) is 2.20. The van der Waals surface area contributed by atoms with E-state index in [1.807, 2.05) is 6.07 Å².